The zero-order valence-electron chi connectivity index (χ0n) is 25.7. The smallest absolute Gasteiger partial charge is 0.324 e. The third-order valence-electron chi connectivity index (χ3n) is 7.48. The molecule has 1 fully saturated rings. The van der Waals surface area contributed by atoms with Crippen molar-refractivity contribution < 1.29 is 14.3 Å². The Bertz CT molecular complexity index is 1520. The normalized spacial score (nSPS) is 13.4. The number of likely N-dealkylation sites (tertiary alicyclic amines) is 1. The van der Waals surface area contributed by atoms with E-state index in [-0.39, 0.29) is 11.3 Å². The highest BCUT2D eigenvalue weighted by molar-refractivity contribution is 5.99. The minimum absolute atomic E-state index is 0.0940. The molecule has 3 N–H and O–H groups in total. The molecule has 2 aromatic heterocycles. The van der Waals surface area contributed by atoms with Crippen molar-refractivity contribution >= 4 is 23.4 Å². The van der Waals surface area contributed by atoms with Crippen molar-refractivity contribution in [3.63, 3.8) is 0 Å². The second-order valence-corrected chi connectivity index (χ2v) is 12.0. The molecule has 0 bridgehead atoms. The van der Waals surface area contributed by atoms with Crippen LogP contribution in [0.1, 0.15) is 62.5 Å². The zero-order valence-corrected chi connectivity index (χ0v) is 25.7. The first-order valence-electron chi connectivity index (χ1n) is 15.2. The van der Waals surface area contributed by atoms with Gasteiger partial charge in [0.25, 0.3) is 5.91 Å². The zero-order chi connectivity index (χ0) is 30.9. The monoisotopic (exact) mass is 595 g/mol. The number of hydrogen-bond donors (Lipinski definition) is 3. The molecular formula is C34H41N7O3. The van der Waals surface area contributed by atoms with Gasteiger partial charge in [0.2, 0.25) is 0 Å². The lowest BCUT2D eigenvalue weighted by atomic mass is 9.92. The Kier molecular flexibility index (Phi) is 9.91. The van der Waals surface area contributed by atoms with Gasteiger partial charge in [0.15, 0.2) is 0 Å². The van der Waals surface area contributed by atoms with Gasteiger partial charge in [0, 0.05) is 41.7 Å². The highest BCUT2D eigenvalue weighted by Crippen LogP contribution is 2.27. The molecule has 44 heavy (non-hydrogen) atoms. The van der Waals surface area contributed by atoms with Gasteiger partial charge in [-0.2, -0.15) is 5.10 Å². The number of amides is 3. The summed E-state index contributed by atoms with van der Waals surface area (Å²) in [6.45, 7) is 10.4. The predicted octanol–water partition coefficient (Wildman–Crippen LogP) is 6.61. The number of benzene rings is 2. The quantitative estimate of drug-likeness (QED) is 0.168. The molecule has 5 rings (SSSR count). The van der Waals surface area contributed by atoms with Gasteiger partial charge in [-0.3, -0.25) is 15.1 Å². The van der Waals surface area contributed by atoms with E-state index in [0.29, 0.717) is 35.1 Å². The fourth-order valence-corrected chi connectivity index (χ4v) is 4.99. The Morgan fingerprint density at radius 3 is 2.23 bits per heavy atom. The number of pyridine rings is 1. The number of nitrogens with one attached hydrogen (secondary N) is 3. The van der Waals surface area contributed by atoms with Gasteiger partial charge in [-0.25, -0.2) is 9.48 Å². The maximum absolute atomic E-state index is 13.0. The van der Waals surface area contributed by atoms with Gasteiger partial charge < -0.3 is 20.3 Å². The number of hydrogen-bond acceptors (Lipinski definition) is 6. The topological polar surface area (TPSA) is 113 Å². The lowest BCUT2D eigenvalue weighted by Crippen LogP contribution is -2.26. The van der Waals surface area contributed by atoms with Crippen LogP contribution in [0, 0.1) is 0 Å². The molecule has 10 nitrogen and oxygen atoms in total. The number of aromatic nitrogens is 3. The van der Waals surface area contributed by atoms with E-state index in [0.717, 1.165) is 30.8 Å². The van der Waals surface area contributed by atoms with Crippen molar-refractivity contribution in [1.82, 2.24) is 25.0 Å². The molecule has 1 aliphatic rings. The Morgan fingerprint density at radius 2 is 1.55 bits per heavy atom. The maximum atomic E-state index is 13.0. The molecular weight excluding hydrogens is 554 g/mol. The summed E-state index contributed by atoms with van der Waals surface area (Å²) in [7, 11) is 0. The molecule has 0 spiro atoms. The second-order valence-electron chi connectivity index (χ2n) is 12.0. The second kappa shape index (κ2) is 14.2. The predicted molar refractivity (Wildman–Crippen MR) is 173 cm³/mol. The van der Waals surface area contributed by atoms with E-state index in [1.165, 1.54) is 25.9 Å². The maximum Gasteiger partial charge on any atom is 0.324 e. The van der Waals surface area contributed by atoms with Crippen molar-refractivity contribution in [2.24, 2.45) is 0 Å². The van der Waals surface area contributed by atoms with Crippen molar-refractivity contribution in [3.05, 3.63) is 90.4 Å². The van der Waals surface area contributed by atoms with Crippen LogP contribution < -0.4 is 20.7 Å². The van der Waals surface area contributed by atoms with Crippen LogP contribution in [0.2, 0.25) is 0 Å². The molecule has 1 aliphatic heterocycles. The molecule has 0 saturated carbocycles. The van der Waals surface area contributed by atoms with E-state index in [9.17, 15) is 9.59 Å². The Balaban J connectivity index is 1.19. The van der Waals surface area contributed by atoms with Crippen LogP contribution in [-0.2, 0) is 5.41 Å². The Hall–Kier alpha value is -4.70. The van der Waals surface area contributed by atoms with E-state index < -0.39 is 6.03 Å². The third kappa shape index (κ3) is 8.44. The van der Waals surface area contributed by atoms with Gasteiger partial charge in [0.1, 0.15) is 17.3 Å². The largest absolute Gasteiger partial charge is 0.457 e. The van der Waals surface area contributed by atoms with Crippen LogP contribution in [-0.4, -0.2) is 57.8 Å². The summed E-state index contributed by atoms with van der Waals surface area (Å²) in [6, 6.07) is 19.4. The first kappa shape index (κ1) is 30.7. The molecule has 10 heteroatoms. The summed E-state index contributed by atoms with van der Waals surface area (Å²) in [5.74, 6) is 1.74. The highest BCUT2D eigenvalue weighted by Gasteiger charge is 2.22. The number of ether oxygens (including phenoxy) is 1. The van der Waals surface area contributed by atoms with Gasteiger partial charge in [-0.1, -0.05) is 20.8 Å². The van der Waals surface area contributed by atoms with E-state index >= 15 is 0 Å². The van der Waals surface area contributed by atoms with Crippen LogP contribution >= 0.6 is 0 Å². The van der Waals surface area contributed by atoms with Crippen LogP contribution in [0.4, 0.5) is 16.3 Å². The standard InChI is InChI=1S/C34H41N7O3/c1-34(2,3)30-24-31(38-33(43)37-26-10-14-28(15-11-26)44-29-16-19-35-20-17-29)41(39-30)27-12-8-25(9-13-27)32(42)36-18-4-5-21-40-22-6-7-23-40/h8-17,19-20,24H,4-7,18,21-23H2,1-3H3,(H,36,42)(H2,37,38,43). The van der Waals surface area contributed by atoms with Crippen molar-refractivity contribution in [2.75, 3.05) is 36.8 Å². The first-order valence-corrected chi connectivity index (χ1v) is 15.2. The van der Waals surface area contributed by atoms with Crippen LogP contribution in [0.5, 0.6) is 11.5 Å². The molecule has 2 aromatic carbocycles. The molecule has 0 aliphatic carbocycles. The SMILES string of the molecule is CC(C)(C)c1cc(NC(=O)Nc2ccc(Oc3ccncc3)cc2)n(-c2ccc(C(=O)NCCCCN3CCCC3)cc2)n1. The molecule has 1 saturated heterocycles. The van der Waals surface area contributed by atoms with E-state index in [4.69, 9.17) is 9.84 Å². The summed E-state index contributed by atoms with van der Waals surface area (Å²) in [5.41, 5.74) is 2.51. The first-order chi connectivity index (χ1) is 21.2. The molecule has 0 radical (unpaired) electrons. The van der Waals surface area contributed by atoms with E-state index in [1.54, 1.807) is 65.6 Å². The van der Waals surface area contributed by atoms with Crippen LogP contribution in [0.3, 0.4) is 0 Å². The number of nitrogens with zero attached hydrogens (tertiary/aromatic N) is 4. The molecule has 0 unspecified atom stereocenters. The van der Waals surface area contributed by atoms with Gasteiger partial charge >= 0.3 is 6.03 Å². The number of rotatable bonds is 11. The lowest BCUT2D eigenvalue weighted by molar-refractivity contribution is 0.0952. The van der Waals surface area contributed by atoms with Crippen molar-refractivity contribution in [3.8, 4) is 17.2 Å². The number of carbonyl (C=O) groups is 2. The number of urea groups is 1. The van der Waals surface area contributed by atoms with E-state index in [2.05, 4.69) is 46.6 Å². The van der Waals surface area contributed by atoms with Gasteiger partial charge in [-0.15, -0.1) is 0 Å². The minimum atomic E-state index is -0.407. The van der Waals surface area contributed by atoms with Crippen molar-refractivity contribution in [2.45, 2.75) is 51.9 Å². The summed E-state index contributed by atoms with van der Waals surface area (Å²) >= 11 is 0. The summed E-state index contributed by atoms with van der Waals surface area (Å²) in [4.78, 5) is 32.2. The molecule has 230 valence electrons. The molecule has 3 amide bonds. The fraction of sp³-hybridized carbons (Fsp3) is 0.353. The average Bonchev–Trinajstić information content (AvgIpc) is 3.69. The summed E-state index contributed by atoms with van der Waals surface area (Å²) in [5, 5.41) is 13.6. The van der Waals surface area contributed by atoms with E-state index in [1.807, 2.05) is 18.2 Å². The number of anilines is 2. The lowest BCUT2D eigenvalue weighted by Gasteiger charge is -2.14. The Morgan fingerprint density at radius 1 is 0.864 bits per heavy atom. The van der Waals surface area contributed by atoms with Crippen LogP contribution in [0.15, 0.2) is 79.1 Å². The van der Waals surface area contributed by atoms with Gasteiger partial charge in [0.05, 0.1) is 11.4 Å². The average molecular weight is 596 g/mol. The molecule has 3 heterocycles. The van der Waals surface area contributed by atoms with Crippen LogP contribution in [0.25, 0.3) is 5.69 Å². The Labute approximate surface area is 258 Å². The number of unbranched alkanes of at least 4 members (excludes halogenated alkanes) is 1. The van der Waals surface area contributed by atoms with Crippen molar-refractivity contribution in [1.29, 1.82) is 0 Å². The molecule has 4 aromatic rings. The highest BCUT2D eigenvalue weighted by atomic mass is 16.5. The minimum Gasteiger partial charge on any atom is -0.457 e. The number of carbonyl (C=O) groups excluding carboxylic acids is 2. The fourth-order valence-electron chi connectivity index (χ4n) is 4.99. The summed E-state index contributed by atoms with van der Waals surface area (Å²) in [6.07, 6.45) is 7.97. The summed E-state index contributed by atoms with van der Waals surface area (Å²) < 4.78 is 7.48. The van der Waals surface area contributed by atoms with Gasteiger partial charge in [-0.05, 0) is 106 Å². The molecule has 0 atom stereocenters. The third-order valence-corrected chi connectivity index (χ3v) is 7.48.